The molecule has 1 aliphatic rings. The van der Waals surface area contributed by atoms with Gasteiger partial charge >= 0.3 is 0 Å². The quantitative estimate of drug-likeness (QED) is 0.428. The second-order valence-corrected chi connectivity index (χ2v) is 5.46. The Balaban J connectivity index is 2.19. The van der Waals surface area contributed by atoms with E-state index in [0.717, 1.165) is 4.90 Å². The van der Waals surface area contributed by atoms with Crippen LogP contribution in [0.4, 0.5) is 5.69 Å². The summed E-state index contributed by atoms with van der Waals surface area (Å²) in [4.78, 5) is 39.5. The minimum absolute atomic E-state index is 0.0245. The van der Waals surface area contributed by atoms with E-state index in [2.05, 4.69) is 0 Å². The maximum absolute atomic E-state index is 12.6. The van der Waals surface area contributed by atoms with E-state index in [4.69, 9.17) is 16.3 Å². The minimum atomic E-state index is -0.800. The molecule has 7 heteroatoms. The molecule has 1 saturated heterocycles. The van der Waals surface area contributed by atoms with Crippen LogP contribution in [0, 0.1) is 0 Å². The Morgan fingerprint density at radius 1 is 1.35 bits per heavy atom. The van der Waals surface area contributed by atoms with Gasteiger partial charge in [0.15, 0.2) is 0 Å². The number of amides is 3. The zero-order chi connectivity index (χ0) is 16.8. The average Bonchev–Trinajstić information content (AvgIpc) is 2.86. The number of alkyl halides is 1. The van der Waals surface area contributed by atoms with Crippen LogP contribution in [0.25, 0.3) is 0 Å². The largest absolute Gasteiger partial charge is 0.385 e. The summed E-state index contributed by atoms with van der Waals surface area (Å²) in [5, 5.41) is 0. The lowest BCUT2D eigenvalue weighted by atomic mass is 10.2. The van der Waals surface area contributed by atoms with Gasteiger partial charge in [-0.3, -0.25) is 14.4 Å². The van der Waals surface area contributed by atoms with Crippen LogP contribution in [0.15, 0.2) is 30.3 Å². The van der Waals surface area contributed by atoms with Crippen LogP contribution in [-0.2, 0) is 19.1 Å². The first-order chi connectivity index (χ1) is 11.1. The van der Waals surface area contributed by atoms with Crippen molar-refractivity contribution in [2.45, 2.75) is 18.9 Å². The Morgan fingerprint density at radius 3 is 2.65 bits per heavy atom. The summed E-state index contributed by atoms with van der Waals surface area (Å²) >= 11 is 5.64. The maximum atomic E-state index is 12.6. The molecule has 1 aromatic rings. The minimum Gasteiger partial charge on any atom is -0.385 e. The second kappa shape index (κ2) is 8.08. The number of methoxy groups -OCH3 is 1. The molecule has 0 spiro atoms. The molecule has 0 radical (unpaired) electrons. The van der Waals surface area contributed by atoms with Crippen LogP contribution in [0.2, 0.25) is 0 Å². The van der Waals surface area contributed by atoms with E-state index < -0.39 is 11.9 Å². The number of carbonyl (C=O) groups excluding carboxylic acids is 3. The SMILES string of the molecule is COCCCN(C(=O)CCl)[C@H]1CC(=O)N(c2ccccc2)C1=O. The lowest BCUT2D eigenvalue weighted by molar-refractivity contribution is -0.136. The molecule has 0 bridgehead atoms. The Morgan fingerprint density at radius 2 is 2.04 bits per heavy atom. The summed E-state index contributed by atoms with van der Waals surface area (Å²) in [5.74, 6) is -1.29. The van der Waals surface area contributed by atoms with Crippen molar-refractivity contribution >= 4 is 35.0 Å². The van der Waals surface area contributed by atoms with Gasteiger partial charge in [0, 0.05) is 20.3 Å². The first-order valence-corrected chi connectivity index (χ1v) is 7.89. The zero-order valence-corrected chi connectivity index (χ0v) is 13.7. The number of benzene rings is 1. The molecule has 0 saturated carbocycles. The second-order valence-electron chi connectivity index (χ2n) is 5.19. The number of rotatable bonds is 7. The van der Waals surface area contributed by atoms with Crippen molar-refractivity contribution in [3.63, 3.8) is 0 Å². The van der Waals surface area contributed by atoms with E-state index >= 15 is 0 Å². The van der Waals surface area contributed by atoms with Gasteiger partial charge in [-0.1, -0.05) is 18.2 Å². The molecular weight excluding hydrogens is 320 g/mol. The number of anilines is 1. The highest BCUT2D eigenvalue weighted by molar-refractivity contribution is 6.28. The molecule has 1 aliphatic heterocycles. The normalized spacial score (nSPS) is 17.7. The van der Waals surface area contributed by atoms with Crippen molar-refractivity contribution in [1.82, 2.24) is 4.90 Å². The molecule has 23 heavy (non-hydrogen) atoms. The fourth-order valence-corrected chi connectivity index (χ4v) is 2.77. The van der Waals surface area contributed by atoms with E-state index in [-0.39, 0.29) is 24.1 Å². The van der Waals surface area contributed by atoms with Crippen molar-refractivity contribution in [2.24, 2.45) is 0 Å². The maximum Gasteiger partial charge on any atom is 0.257 e. The Labute approximate surface area is 139 Å². The van der Waals surface area contributed by atoms with Gasteiger partial charge in [0.1, 0.15) is 11.9 Å². The van der Waals surface area contributed by atoms with Crippen molar-refractivity contribution in [1.29, 1.82) is 0 Å². The van der Waals surface area contributed by atoms with E-state index in [1.165, 1.54) is 4.90 Å². The van der Waals surface area contributed by atoms with Crippen LogP contribution in [-0.4, -0.2) is 54.8 Å². The standard InChI is InChI=1S/C16H19ClN2O4/c1-23-9-5-8-18(15(21)11-17)13-10-14(20)19(16(13)22)12-6-3-2-4-7-12/h2-4,6-7,13H,5,8-11H2,1H3/t13-/m0/s1. The van der Waals surface area contributed by atoms with Gasteiger partial charge in [-0.2, -0.15) is 0 Å². The van der Waals surface area contributed by atoms with E-state index in [1.807, 2.05) is 0 Å². The van der Waals surface area contributed by atoms with Crippen LogP contribution >= 0.6 is 11.6 Å². The van der Waals surface area contributed by atoms with Gasteiger partial charge in [0.25, 0.3) is 5.91 Å². The third-order valence-electron chi connectivity index (χ3n) is 3.70. The van der Waals surface area contributed by atoms with Crippen molar-refractivity contribution in [2.75, 3.05) is 31.0 Å². The van der Waals surface area contributed by atoms with Crippen molar-refractivity contribution < 1.29 is 19.1 Å². The average molecular weight is 339 g/mol. The van der Waals surface area contributed by atoms with Crippen LogP contribution < -0.4 is 4.90 Å². The summed E-state index contributed by atoms with van der Waals surface area (Å²) in [6.45, 7) is 0.787. The number of carbonyl (C=O) groups is 3. The lowest BCUT2D eigenvalue weighted by Gasteiger charge is -2.27. The fraction of sp³-hybridized carbons (Fsp3) is 0.438. The van der Waals surface area contributed by atoms with Crippen molar-refractivity contribution in [3.05, 3.63) is 30.3 Å². The van der Waals surface area contributed by atoms with E-state index in [0.29, 0.717) is 25.3 Å². The highest BCUT2D eigenvalue weighted by Gasteiger charge is 2.43. The molecule has 2 rings (SSSR count). The van der Waals surface area contributed by atoms with Crippen LogP contribution in [0.1, 0.15) is 12.8 Å². The molecule has 0 aliphatic carbocycles. The zero-order valence-electron chi connectivity index (χ0n) is 12.9. The highest BCUT2D eigenvalue weighted by Crippen LogP contribution is 2.25. The predicted octanol–water partition coefficient (Wildman–Crippen LogP) is 1.42. The number of ether oxygens (including phenoxy) is 1. The molecular formula is C16H19ClN2O4. The summed E-state index contributed by atoms with van der Waals surface area (Å²) in [6.07, 6.45) is 0.547. The molecule has 124 valence electrons. The monoisotopic (exact) mass is 338 g/mol. The number of nitrogens with zero attached hydrogens (tertiary/aromatic N) is 2. The summed E-state index contributed by atoms with van der Waals surface area (Å²) < 4.78 is 4.97. The van der Waals surface area contributed by atoms with Gasteiger partial charge in [-0.15, -0.1) is 11.6 Å². The molecule has 1 aromatic carbocycles. The number of halogens is 1. The van der Waals surface area contributed by atoms with Crippen LogP contribution in [0.3, 0.4) is 0 Å². The smallest absolute Gasteiger partial charge is 0.257 e. The summed E-state index contributed by atoms with van der Waals surface area (Å²) in [6, 6.07) is 7.89. The number of hydrogen-bond acceptors (Lipinski definition) is 4. The fourth-order valence-electron chi connectivity index (χ4n) is 2.62. The van der Waals surface area contributed by atoms with Gasteiger partial charge in [-0.25, -0.2) is 4.90 Å². The number of imide groups is 1. The van der Waals surface area contributed by atoms with Gasteiger partial charge < -0.3 is 9.64 Å². The Hall–Kier alpha value is -1.92. The Kier molecular flexibility index (Phi) is 6.12. The summed E-state index contributed by atoms with van der Waals surface area (Å²) in [7, 11) is 1.56. The predicted molar refractivity (Wildman–Crippen MR) is 86.3 cm³/mol. The number of para-hydroxylation sites is 1. The van der Waals surface area contributed by atoms with E-state index in [1.54, 1.807) is 37.4 Å². The van der Waals surface area contributed by atoms with Gasteiger partial charge in [-0.05, 0) is 18.6 Å². The van der Waals surface area contributed by atoms with Gasteiger partial charge in [0.2, 0.25) is 11.8 Å². The first kappa shape index (κ1) is 17.4. The van der Waals surface area contributed by atoms with Crippen molar-refractivity contribution in [3.8, 4) is 0 Å². The topological polar surface area (TPSA) is 66.9 Å². The Bertz CT molecular complexity index is 579. The molecule has 1 fully saturated rings. The molecule has 3 amide bonds. The molecule has 6 nitrogen and oxygen atoms in total. The molecule has 1 atom stereocenters. The molecule has 1 heterocycles. The van der Waals surface area contributed by atoms with E-state index in [9.17, 15) is 14.4 Å². The lowest BCUT2D eigenvalue weighted by Crippen LogP contribution is -2.46. The highest BCUT2D eigenvalue weighted by atomic mass is 35.5. The third-order valence-corrected chi connectivity index (χ3v) is 3.92. The molecule has 0 aromatic heterocycles. The molecule has 0 unspecified atom stereocenters. The van der Waals surface area contributed by atoms with Crippen LogP contribution in [0.5, 0.6) is 0 Å². The van der Waals surface area contributed by atoms with Gasteiger partial charge in [0.05, 0.1) is 12.1 Å². The first-order valence-electron chi connectivity index (χ1n) is 7.36. The summed E-state index contributed by atoms with van der Waals surface area (Å²) in [5.41, 5.74) is 0.514. The third kappa shape index (κ3) is 3.89. The molecule has 0 N–H and O–H groups in total. The number of hydrogen-bond donors (Lipinski definition) is 0.